The van der Waals surface area contributed by atoms with Gasteiger partial charge >= 0.3 is 0 Å². The van der Waals surface area contributed by atoms with Crippen LogP contribution in [0.3, 0.4) is 0 Å². The molecule has 2 aliphatic rings. The fourth-order valence-corrected chi connectivity index (χ4v) is 2.99. The van der Waals surface area contributed by atoms with Gasteiger partial charge in [0, 0.05) is 32.1 Å². The van der Waals surface area contributed by atoms with E-state index in [1.165, 1.54) is 0 Å². The Bertz CT molecular complexity index is 382. The van der Waals surface area contributed by atoms with Gasteiger partial charge in [-0.3, -0.25) is 19.9 Å². The van der Waals surface area contributed by atoms with Gasteiger partial charge < -0.3 is 10.0 Å². The van der Waals surface area contributed by atoms with Crippen molar-refractivity contribution in [2.75, 3.05) is 32.7 Å². The highest BCUT2D eigenvalue weighted by atomic mass is 16.3. The maximum absolute atomic E-state index is 12.3. The molecule has 0 spiro atoms. The molecule has 0 unspecified atom stereocenters. The molecular weight excluding hydrogens is 272 g/mol. The second-order valence-corrected chi connectivity index (χ2v) is 6.44. The smallest absolute Gasteiger partial charge is 0.237 e. The van der Waals surface area contributed by atoms with E-state index in [-0.39, 0.29) is 17.7 Å². The molecule has 2 aliphatic heterocycles. The normalized spacial score (nSPS) is 23.9. The standard InChI is InChI=1S/C14H26N4O3/c1-14(21)4-8-17(9-5-14)10-12(19)18-6-2-11(3-7-18)13(20)16-15/h11,21H,2-10,15H2,1H3,(H,16,20). The number of hydrogen-bond donors (Lipinski definition) is 3. The van der Waals surface area contributed by atoms with Crippen molar-refractivity contribution in [3.8, 4) is 0 Å². The molecule has 0 aliphatic carbocycles. The zero-order valence-corrected chi connectivity index (χ0v) is 12.7. The lowest BCUT2D eigenvalue weighted by molar-refractivity contribution is -0.137. The quantitative estimate of drug-likeness (QED) is 0.355. The van der Waals surface area contributed by atoms with Gasteiger partial charge in [0.05, 0.1) is 12.1 Å². The van der Waals surface area contributed by atoms with E-state index >= 15 is 0 Å². The van der Waals surface area contributed by atoms with Crippen molar-refractivity contribution in [3.63, 3.8) is 0 Å². The van der Waals surface area contributed by atoms with E-state index in [9.17, 15) is 14.7 Å². The summed E-state index contributed by atoms with van der Waals surface area (Å²) in [4.78, 5) is 27.6. The van der Waals surface area contributed by atoms with Crippen molar-refractivity contribution in [2.45, 2.75) is 38.2 Å². The molecule has 4 N–H and O–H groups in total. The van der Waals surface area contributed by atoms with E-state index in [0.29, 0.717) is 45.3 Å². The second kappa shape index (κ2) is 6.72. The van der Waals surface area contributed by atoms with Gasteiger partial charge in [-0.15, -0.1) is 0 Å². The molecule has 0 atom stereocenters. The van der Waals surface area contributed by atoms with Crippen LogP contribution >= 0.6 is 0 Å². The molecule has 2 saturated heterocycles. The highest BCUT2D eigenvalue weighted by Gasteiger charge is 2.31. The predicted molar refractivity (Wildman–Crippen MR) is 77.9 cm³/mol. The van der Waals surface area contributed by atoms with Gasteiger partial charge in [0.1, 0.15) is 0 Å². The number of hydrazine groups is 1. The summed E-state index contributed by atoms with van der Waals surface area (Å²) in [6.07, 6.45) is 2.75. The number of nitrogens with two attached hydrogens (primary N) is 1. The van der Waals surface area contributed by atoms with Crippen molar-refractivity contribution < 1.29 is 14.7 Å². The van der Waals surface area contributed by atoms with Gasteiger partial charge in [-0.05, 0) is 32.6 Å². The maximum atomic E-state index is 12.3. The van der Waals surface area contributed by atoms with Crippen LogP contribution in [0.2, 0.25) is 0 Å². The van der Waals surface area contributed by atoms with Crippen LogP contribution in [0.4, 0.5) is 0 Å². The first-order valence-electron chi connectivity index (χ1n) is 7.64. The van der Waals surface area contributed by atoms with Crippen molar-refractivity contribution in [1.29, 1.82) is 0 Å². The number of nitrogens with zero attached hydrogens (tertiary/aromatic N) is 2. The SMILES string of the molecule is CC1(O)CCN(CC(=O)N2CCC(C(=O)NN)CC2)CC1. The molecule has 2 amide bonds. The lowest BCUT2D eigenvalue weighted by atomic mass is 9.93. The number of rotatable bonds is 3. The van der Waals surface area contributed by atoms with E-state index < -0.39 is 5.60 Å². The summed E-state index contributed by atoms with van der Waals surface area (Å²) in [6.45, 7) is 4.99. The number of aliphatic hydroxyl groups is 1. The molecule has 120 valence electrons. The number of hydrogen-bond acceptors (Lipinski definition) is 5. The molecule has 7 heteroatoms. The largest absolute Gasteiger partial charge is 0.390 e. The summed E-state index contributed by atoms with van der Waals surface area (Å²) in [7, 11) is 0. The van der Waals surface area contributed by atoms with Crippen molar-refractivity contribution in [3.05, 3.63) is 0 Å². The Kier molecular flexibility index (Phi) is 5.18. The minimum absolute atomic E-state index is 0.0795. The minimum atomic E-state index is -0.590. The van der Waals surface area contributed by atoms with Gasteiger partial charge in [0.25, 0.3) is 0 Å². The Balaban J connectivity index is 1.74. The third-order valence-electron chi connectivity index (χ3n) is 4.65. The number of likely N-dealkylation sites (tertiary alicyclic amines) is 2. The average Bonchev–Trinajstić information content (AvgIpc) is 2.48. The van der Waals surface area contributed by atoms with E-state index in [2.05, 4.69) is 10.3 Å². The van der Waals surface area contributed by atoms with Crippen LogP contribution in [0, 0.1) is 5.92 Å². The first-order valence-corrected chi connectivity index (χ1v) is 7.64. The first-order chi connectivity index (χ1) is 9.91. The Labute approximate surface area is 125 Å². The third kappa shape index (κ3) is 4.39. The number of nitrogens with one attached hydrogen (secondary N) is 1. The van der Waals surface area contributed by atoms with Gasteiger partial charge in [-0.1, -0.05) is 0 Å². The molecule has 0 aromatic rings. The minimum Gasteiger partial charge on any atom is -0.390 e. The van der Waals surface area contributed by atoms with Crippen LogP contribution in [0.1, 0.15) is 32.6 Å². The molecule has 2 fully saturated rings. The summed E-state index contributed by atoms with van der Waals surface area (Å²) in [5.74, 6) is 5.03. The molecule has 0 bridgehead atoms. The summed E-state index contributed by atoms with van der Waals surface area (Å²) in [6, 6.07) is 0. The molecular formula is C14H26N4O3. The summed E-state index contributed by atoms with van der Waals surface area (Å²) in [5, 5.41) is 9.91. The fourth-order valence-electron chi connectivity index (χ4n) is 2.99. The van der Waals surface area contributed by atoms with Gasteiger partial charge in [-0.25, -0.2) is 5.84 Å². The zero-order chi connectivity index (χ0) is 15.5. The van der Waals surface area contributed by atoms with Crippen LogP contribution < -0.4 is 11.3 Å². The monoisotopic (exact) mass is 298 g/mol. The van der Waals surface area contributed by atoms with Crippen LogP contribution in [0.25, 0.3) is 0 Å². The number of amides is 2. The number of piperidine rings is 2. The first kappa shape index (κ1) is 16.2. The highest BCUT2D eigenvalue weighted by molar-refractivity contribution is 5.80. The molecule has 2 rings (SSSR count). The molecule has 0 saturated carbocycles. The van der Waals surface area contributed by atoms with Gasteiger partial charge in [0.2, 0.25) is 11.8 Å². The Hall–Kier alpha value is -1.18. The van der Waals surface area contributed by atoms with E-state index in [4.69, 9.17) is 5.84 Å². The molecule has 0 radical (unpaired) electrons. The summed E-state index contributed by atoms with van der Waals surface area (Å²) >= 11 is 0. The second-order valence-electron chi connectivity index (χ2n) is 6.44. The van der Waals surface area contributed by atoms with Crippen LogP contribution in [0.5, 0.6) is 0 Å². The topological polar surface area (TPSA) is 98.9 Å². The van der Waals surface area contributed by atoms with Gasteiger partial charge in [0.15, 0.2) is 0 Å². The Morgan fingerprint density at radius 2 is 1.81 bits per heavy atom. The fraction of sp³-hybridized carbons (Fsp3) is 0.857. The predicted octanol–water partition coefficient (Wildman–Crippen LogP) is -0.938. The number of carbonyl (C=O) groups excluding carboxylic acids is 2. The average molecular weight is 298 g/mol. The summed E-state index contributed by atoms with van der Waals surface area (Å²) in [5.41, 5.74) is 1.59. The molecule has 7 nitrogen and oxygen atoms in total. The van der Waals surface area contributed by atoms with Crippen molar-refractivity contribution in [2.24, 2.45) is 11.8 Å². The number of carbonyl (C=O) groups is 2. The lowest BCUT2D eigenvalue weighted by Gasteiger charge is -2.37. The van der Waals surface area contributed by atoms with E-state index in [1.807, 2.05) is 11.8 Å². The highest BCUT2D eigenvalue weighted by Crippen LogP contribution is 2.22. The van der Waals surface area contributed by atoms with Gasteiger partial charge in [-0.2, -0.15) is 0 Å². The van der Waals surface area contributed by atoms with Crippen LogP contribution in [-0.4, -0.2) is 65.0 Å². The van der Waals surface area contributed by atoms with Crippen molar-refractivity contribution in [1.82, 2.24) is 15.2 Å². The van der Waals surface area contributed by atoms with Crippen molar-refractivity contribution >= 4 is 11.8 Å². The summed E-state index contributed by atoms with van der Waals surface area (Å²) < 4.78 is 0. The molecule has 0 aromatic heterocycles. The molecule has 21 heavy (non-hydrogen) atoms. The maximum Gasteiger partial charge on any atom is 0.237 e. The third-order valence-corrected chi connectivity index (χ3v) is 4.65. The van der Waals surface area contributed by atoms with Crippen LogP contribution in [0.15, 0.2) is 0 Å². The molecule has 0 aromatic carbocycles. The zero-order valence-electron chi connectivity index (χ0n) is 12.7. The van der Waals surface area contributed by atoms with Crippen LogP contribution in [-0.2, 0) is 9.59 Å². The Morgan fingerprint density at radius 3 is 2.33 bits per heavy atom. The lowest BCUT2D eigenvalue weighted by Crippen LogP contribution is -2.49. The van der Waals surface area contributed by atoms with E-state index in [1.54, 1.807) is 0 Å². The molecule has 2 heterocycles. The Morgan fingerprint density at radius 1 is 1.24 bits per heavy atom. The van der Waals surface area contributed by atoms with E-state index in [0.717, 1.165) is 13.1 Å².